The molecule has 1 rings (SSSR count). The van der Waals surface area contributed by atoms with Gasteiger partial charge in [0.15, 0.2) is 0 Å². The molecule has 0 unspecified atom stereocenters. The molecule has 0 aliphatic heterocycles. The lowest BCUT2D eigenvalue weighted by Crippen LogP contribution is -2.13. The molecule has 1 aromatic rings. The number of amides is 1. The first kappa shape index (κ1) is 12.0. The van der Waals surface area contributed by atoms with Crippen LogP contribution in [0.3, 0.4) is 0 Å². The van der Waals surface area contributed by atoms with E-state index in [0.29, 0.717) is 11.4 Å². The van der Waals surface area contributed by atoms with Gasteiger partial charge in [0.25, 0.3) is 0 Å². The fourth-order valence-corrected chi connectivity index (χ4v) is 1.04. The number of carbonyl (C=O) groups is 2. The van der Waals surface area contributed by atoms with E-state index < -0.39 is 12.1 Å². The number of rotatable bonds is 4. The number of carboxylic acid groups (broad SMARTS) is 1. The summed E-state index contributed by atoms with van der Waals surface area (Å²) in [5.41, 5.74) is 0.898. The van der Waals surface area contributed by atoms with Crippen molar-refractivity contribution < 1.29 is 19.4 Å². The van der Waals surface area contributed by atoms with Crippen LogP contribution in [0.15, 0.2) is 18.3 Å². The normalized spacial score (nSPS) is 9.56. The minimum Gasteiger partial charge on any atom is -0.481 e. The SMILES string of the molecule is CCOC(=O)Nc1ccc(CC(=O)O)nc1. The molecule has 0 saturated carbocycles. The second-order valence-electron chi connectivity index (χ2n) is 2.95. The van der Waals surface area contributed by atoms with Gasteiger partial charge in [-0.1, -0.05) is 0 Å². The number of carbonyl (C=O) groups excluding carboxylic acids is 1. The molecule has 0 saturated heterocycles. The third-order valence-corrected chi connectivity index (χ3v) is 1.68. The van der Waals surface area contributed by atoms with E-state index in [4.69, 9.17) is 5.11 Å². The summed E-state index contributed by atoms with van der Waals surface area (Å²) in [4.78, 5) is 25.3. The Balaban J connectivity index is 2.57. The van der Waals surface area contributed by atoms with E-state index in [-0.39, 0.29) is 13.0 Å². The van der Waals surface area contributed by atoms with Gasteiger partial charge in [-0.2, -0.15) is 0 Å². The summed E-state index contributed by atoms with van der Waals surface area (Å²) >= 11 is 0. The summed E-state index contributed by atoms with van der Waals surface area (Å²) < 4.78 is 4.67. The van der Waals surface area contributed by atoms with Crippen LogP contribution in [0.4, 0.5) is 10.5 Å². The maximum Gasteiger partial charge on any atom is 0.411 e. The van der Waals surface area contributed by atoms with Crippen LogP contribution < -0.4 is 5.32 Å². The molecule has 1 heterocycles. The Labute approximate surface area is 92.3 Å². The number of hydrogen-bond donors (Lipinski definition) is 2. The zero-order valence-electron chi connectivity index (χ0n) is 8.77. The molecule has 6 heteroatoms. The van der Waals surface area contributed by atoms with E-state index in [0.717, 1.165) is 0 Å². The van der Waals surface area contributed by atoms with E-state index in [1.54, 1.807) is 13.0 Å². The molecule has 16 heavy (non-hydrogen) atoms. The standard InChI is InChI=1S/C10H12N2O4/c1-2-16-10(15)12-8-4-3-7(11-6-8)5-9(13)14/h3-4,6H,2,5H2,1H3,(H,12,15)(H,13,14). The third kappa shape index (κ3) is 3.95. The van der Waals surface area contributed by atoms with E-state index >= 15 is 0 Å². The predicted octanol–water partition coefficient (Wildman–Crippen LogP) is 1.28. The highest BCUT2D eigenvalue weighted by Crippen LogP contribution is 2.07. The van der Waals surface area contributed by atoms with Gasteiger partial charge in [-0.25, -0.2) is 4.79 Å². The van der Waals surface area contributed by atoms with Crippen molar-refractivity contribution in [2.24, 2.45) is 0 Å². The third-order valence-electron chi connectivity index (χ3n) is 1.68. The van der Waals surface area contributed by atoms with Crippen LogP contribution in [0, 0.1) is 0 Å². The van der Waals surface area contributed by atoms with Crippen molar-refractivity contribution in [2.45, 2.75) is 13.3 Å². The van der Waals surface area contributed by atoms with E-state index in [1.807, 2.05) is 0 Å². The Bertz CT molecular complexity index is 375. The lowest BCUT2D eigenvalue weighted by atomic mass is 10.2. The molecule has 2 N–H and O–H groups in total. The Hall–Kier alpha value is -2.11. The Morgan fingerprint density at radius 2 is 2.25 bits per heavy atom. The van der Waals surface area contributed by atoms with Crippen LogP contribution in [0.25, 0.3) is 0 Å². The minimum absolute atomic E-state index is 0.139. The van der Waals surface area contributed by atoms with Gasteiger partial charge in [0.05, 0.1) is 30.6 Å². The molecule has 0 aromatic carbocycles. The lowest BCUT2D eigenvalue weighted by molar-refractivity contribution is -0.136. The van der Waals surface area contributed by atoms with Crippen molar-refractivity contribution in [2.75, 3.05) is 11.9 Å². The number of nitrogens with zero attached hydrogens (tertiary/aromatic N) is 1. The van der Waals surface area contributed by atoms with E-state index in [1.165, 1.54) is 12.3 Å². The quantitative estimate of drug-likeness (QED) is 0.804. The van der Waals surface area contributed by atoms with Crippen molar-refractivity contribution in [3.8, 4) is 0 Å². The van der Waals surface area contributed by atoms with E-state index in [9.17, 15) is 9.59 Å². The lowest BCUT2D eigenvalue weighted by Gasteiger charge is -2.04. The number of carboxylic acids is 1. The number of nitrogens with one attached hydrogen (secondary N) is 1. The van der Waals surface area contributed by atoms with Crippen LogP contribution in [-0.2, 0) is 16.0 Å². The summed E-state index contributed by atoms with van der Waals surface area (Å²) in [5, 5.41) is 11.0. The predicted molar refractivity (Wildman–Crippen MR) is 56.2 cm³/mol. The average molecular weight is 224 g/mol. The molecule has 0 radical (unpaired) electrons. The second kappa shape index (κ2) is 5.69. The highest BCUT2D eigenvalue weighted by Gasteiger charge is 2.04. The number of aliphatic carboxylic acids is 1. The zero-order chi connectivity index (χ0) is 12.0. The Morgan fingerprint density at radius 3 is 2.75 bits per heavy atom. The highest BCUT2D eigenvalue weighted by atomic mass is 16.5. The number of pyridine rings is 1. The fraction of sp³-hybridized carbons (Fsp3) is 0.300. The first-order chi connectivity index (χ1) is 7.61. The summed E-state index contributed by atoms with van der Waals surface area (Å²) in [7, 11) is 0. The van der Waals surface area contributed by atoms with Crippen molar-refractivity contribution in [3.63, 3.8) is 0 Å². The monoisotopic (exact) mass is 224 g/mol. The number of ether oxygens (including phenoxy) is 1. The molecule has 1 amide bonds. The average Bonchev–Trinajstić information content (AvgIpc) is 2.20. The maximum absolute atomic E-state index is 11.0. The second-order valence-corrected chi connectivity index (χ2v) is 2.95. The molecule has 0 bridgehead atoms. The summed E-state index contributed by atoms with van der Waals surface area (Å²) in [6, 6.07) is 3.11. The van der Waals surface area contributed by atoms with Gasteiger partial charge in [-0.3, -0.25) is 15.1 Å². The molecule has 0 spiro atoms. The summed E-state index contributed by atoms with van der Waals surface area (Å²) in [5.74, 6) is -0.946. The van der Waals surface area contributed by atoms with Gasteiger partial charge in [0.1, 0.15) is 0 Å². The molecule has 6 nitrogen and oxygen atoms in total. The van der Waals surface area contributed by atoms with Crippen LogP contribution >= 0.6 is 0 Å². The van der Waals surface area contributed by atoms with Crippen molar-refractivity contribution >= 4 is 17.7 Å². The highest BCUT2D eigenvalue weighted by molar-refractivity contribution is 5.84. The van der Waals surface area contributed by atoms with Gasteiger partial charge in [0.2, 0.25) is 0 Å². The maximum atomic E-state index is 11.0. The number of hydrogen-bond acceptors (Lipinski definition) is 4. The minimum atomic E-state index is -0.946. The molecule has 0 aliphatic carbocycles. The fourth-order valence-electron chi connectivity index (χ4n) is 1.04. The number of aromatic nitrogens is 1. The zero-order valence-corrected chi connectivity index (χ0v) is 8.77. The van der Waals surface area contributed by atoms with Crippen LogP contribution in [0.1, 0.15) is 12.6 Å². The molecular formula is C10H12N2O4. The molecule has 1 aromatic heterocycles. The summed E-state index contributed by atoms with van der Waals surface area (Å²) in [6.45, 7) is 1.99. The van der Waals surface area contributed by atoms with Crippen LogP contribution in [0.5, 0.6) is 0 Å². The van der Waals surface area contributed by atoms with Crippen LogP contribution in [-0.4, -0.2) is 28.8 Å². The summed E-state index contributed by atoms with van der Waals surface area (Å²) in [6.07, 6.45) is 0.685. The van der Waals surface area contributed by atoms with Gasteiger partial charge in [0, 0.05) is 0 Å². The molecular weight excluding hydrogens is 212 g/mol. The molecule has 86 valence electrons. The van der Waals surface area contributed by atoms with E-state index in [2.05, 4.69) is 15.0 Å². The first-order valence-corrected chi connectivity index (χ1v) is 4.72. The van der Waals surface area contributed by atoms with Crippen LogP contribution in [0.2, 0.25) is 0 Å². The van der Waals surface area contributed by atoms with Gasteiger partial charge in [-0.05, 0) is 19.1 Å². The van der Waals surface area contributed by atoms with Crippen molar-refractivity contribution in [1.82, 2.24) is 4.98 Å². The molecule has 0 aliphatic rings. The first-order valence-electron chi connectivity index (χ1n) is 4.72. The Kier molecular flexibility index (Phi) is 4.26. The van der Waals surface area contributed by atoms with Gasteiger partial charge >= 0.3 is 12.1 Å². The Morgan fingerprint density at radius 1 is 1.50 bits per heavy atom. The van der Waals surface area contributed by atoms with Crippen molar-refractivity contribution in [1.29, 1.82) is 0 Å². The topological polar surface area (TPSA) is 88.5 Å². The van der Waals surface area contributed by atoms with Gasteiger partial charge in [-0.15, -0.1) is 0 Å². The largest absolute Gasteiger partial charge is 0.481 e. The van der Waals surface area contributed by atoms with Crippen molar-refractivity contribution in [3.05, 3.63) is 24.0 Å². The molecule has 0 atom stereocenters. The smallest absolute Gasteiger partial charge is 0.411 e. The molecule has 0 fully saturated rings. The number of anilines is 1. The van der Waals surface area contributed by atoms with Gasteiger partial charge < -0.3 is 9.84 Å².